The summed E-state index contributed by atoms with van der Waals surface area (Å²) in [6, 6.07) is 4.78. The minimum atomic E-state index is -2.11. The summed E-state index contributed by atoms with van der Waals surface area (Å²) in [7, 11) is 1.52. The van der Waals surface area contributed by atoms with Gasteiger partial charge in [-0.15, -0.1) is 0 Å². The number of nitrogens with two attached hydrogens (primary N) is 1. The molecule has 1 unspecified atom stereocenters. The highest BCUT2D eigenvalue weighted by atomic mass is 32.2. The molecule has 1 aromatic carbocycles. The van der Waals surface area contributed by atoms with Crippen LogP contribution in [0.15, 0.2) is 18.2 Å². The Labute approximate surface area is 78.3 Å². The van der Waals surface area contributed by atoms with Crippen molar-refractivity contribution in [2.24, 2.45) is 0 Å². The van der Waals surface area contributed by atoms with Crippen molar-refractivity contribution in [2.75, 3.05) is 17.6 Å². The van der Waals surface area contributed by atoms with E-state index in [9.17, 15) is 4.21 Å². The van der Waals surface area contributed by atoms with Crippen LogP contribution in [0, 0.1) is 0 Å². The number of hydrogen-bond acceptors (Lipinski definition) is 3. The van der Waals surface area contributed by atoms with Crippen molar-refractivity contribution in [3.05, 3.63) is 18.2 Å². The van der Waals surface area contributed by atoms with E-state index in [1.54, 1.807) is 18.2 Å². The largest absolute Gasteiger partial charge is 0.497 e. The number of nitrogens with one attached hydrogen (secondary N) is 1. The fourth-order valence-corrected chi connectivity index (χ4v) is 1.23. The Morgan fingerprint density at radius 3 is 2.77 bits per heavy atom. The summed E-state index contributed by atoms with van der Waals surface area (Å²) in [5.74, 6) is 0.603. The van der Waals surface area contributed by atoms with Crippen molar-refractivity contribution < 1.29 is 13.5 Å². The van der Waals surface area contributed by atoms with Crippen LogP contribution in [0.1, 0.15) is 0 Å². The van der Waals surface area contributed by atoms with Gasteiger partial charge >= 0.3 is 0 Å². The molecule has 0 aromatic heterocycles. The van der Waals surface area contributed by atoms with Crippen LogP contribution in [-0.4, -0.2) is 15.9 Å². The molecule has 0 aliphatic heterocycles. The SMILES string of the molecule is COc1ccc(NS(=O)O)c(N)c1. The van der Waals surface area contributed by atoms with Crippen LogP contribution in [0.25, 0.3) is 0 Å². The van der Waals surface area contributed by atoms with Crippen LogP contribution < -0.4 is 15.2 Å². The first kappa shape index (κ1) is 9.82. The Morgan fingerprint density at radius 2 is 2.31 bits per heavy atom. The molecule has 0 fully saturated rings. The molecular formula is C7H10N2O3S. The molecular weight excluding hydrogens is 192 g/mol. The van der Waals surface area contributed by atoms with Crippen molar-refractivity contribution in [3.8, 4) is 5.75 Å². The van der Waals surface area contributed by atoms with E-state index in [0.29, 0.717) is 17.1 Å². The van der Waals surface area contributed by atoms with E-state index in [4.69, 9.17) is 15.0 Å². The molecule has 0 radical (unpaired) electrons. The van der Waals surface area contributed by atoms with Gasteiger partial charge in [0.15, 0.2) is 0 Å². The minimum absolute atomic E-state index is 0.363. The lowest BCUT2D eigenvalue weighted by atomic mass is 10.2. The van der Waals surface area contributed by atoms with Gasteiger partial charge < -0.3 is 10.5 Å². The van der Waals surface area contributed by atoms with Crippen LogP contribution in [0.2, 0.25) is 0 Å². The Bertz CT molecular complexity index is 330. The van der Waals surface area contributed by atoms with Crippen LogP contribution in [0.3, 0.4) is 0 Å². The first-order valence-electron chi connectivity index (χ1n) is 3.44. The van der Waals surface area contributed by atoms with Gasteiger partial charge in [0, 0.05) is 6.07 Å². The molecule has 0 aliphatic carbocycles. The van der Waals surface area contributed by atoms with Crippen LogP contribution in [0.5, 0.6) is 5.75 Å². The molecule has 72 valence electrons. The van der Waals surface area contributed by atoms with Gasteiger partial charge in [-0.3, -0.25) is 9.27 Å². The van der Waals surface area contributed by atoms with E-state index >= 15 is 0 Å². The van der Waals surface area contributed by atoms with Gasteiger partial charge in [0.25, 0.3) is 11.3 Å². The van der Waals surface area contributed by atoms with Crippen LogP contribution >= 0.6 is 0 Å². The smallest absolute Gasteiger partial charge is 0.259 e. The maximum Gasteiger partial charge on any atom is 0.259 e. The van der Waals surface area contributed by atoms with Gasteiger partial charge in [0.2, 0.25) is 0 Å². The minimum Gasteiger partial charge on any atom is -0.497 e. The number of ether oxygens (including phenoxy) is 1. The normalized spacial score (nSPS) is 12.2. The zero-order chi connectivity index (χ0) is 9.84. The number of anilines is 2. The molecule has 4 N–H and O–H groups in total. The number of benzene rings is 1. The zero-order valence-corrected chi connectivity index (χ0v) is 7.80. The lowest BCUT2D eigenvalue weighted by Gasteiger charge is -2.06. The van der Waals surface area contributed by atoms with Crippen molar-refractivity contribution >= 4 is 22.6 Å². The van der Waals surface area contributed by atoms with Crippen LogP contribution in [-0.2, 0) is 11.3 Å². The fourth-order valence-electron chi connectivity index (χ4n) is 0.855. The second-order valence-corrected chi connectivity index (χ2v) is 3.01. The monoisotopic (exact) mass is 202 g/mol. The zero-order valence-electron chi connectivity index (χ0n) is 6.98. The molecule has 0 heterocycles. The lowest BCUT2D eigenvalue weighted by molar-refractivity contribution is 0.415. The average Bonchev–Trinajstić information content (AvgIpc) is 2.08. The highest BCUT2D eigenvalue weighted by Gasteiger charge is 2.02. The maximum absolute atomic E-state index is 10.4. The number of hydrogen-bond donors (Lipinski definition) is 3. The van der Waals surface area contributed by atoms with Crippen molar-refractivity contribution in [1.29, 1.82) is 0 Å². The lowest BCUT2D eigenvalue weighted by Crippen LogP contribution is -2.04. The molecule has 6 heteroatoms. The molecule has 13 heavy (non-hydrogen) atoms. The summed E-state index contributed by atoms with van der Waals surface area (Å²) in [5, 5.41) is 0. The summed E-state index contributed by atoms with van der Waals surface area (Å²) < 4.78 is 26.1. The molecule has 0 saturated heterocycles. The molecule has 5 nitrogen and oxygen atoms in total. The van der Waals surface area contributed by atoms with Gasteiger partial charge in [-0.2, -0.15) is 0 Å². The summed E-state index contributed by atoms with van der Waals surface area (Å²) in [4.78, 5) is 0. The molecule has 1 rings (SSSR count). The topological polar surface area (TPSA) is 84.6 Å². The van der Waals surface area contributed by atoms with Gasteiger partial charge in [-0.25, -0.2) is 4.21 Å². The summed E-state index contributed by atoms with van der Waals surface area (Å²) >= 11 is -2.11. The summed E-state index contributed by atoms with van der Waals surface area (Å²) in [5.41, 5.74) is 6.32. The Morgan fingerprint density at radius 1 is 1.62 bits per heavy atom. The highest BCUT2D eigenvalue weighted by Crippen LogP contribution is 2.23. The van der Waals surface area contributed by atoms with Crippen molar-refractivity contribution in [2.45, 2.75) is 0 Å². The average molecular weight is 202 g/mol. The summed E-state index contributed by atoms with van der Waals surface area (Å²) in [6.07, 6.45) is 0. The van der Waals surface area contributed by atoms with Crippen molar-refractivity contribution in [1.82, 2.24) is 0 Å². The Balaban J connectivity index is 2.91. The van der Waals surface area contributed by atoms with Gasteiger partial charge in [0.1, 0.15) is 5.75 Å². The summed E-state index contributed by atoms with van der Waals surface area (Å²) in [6.45, 7) is 0. The third kappa shape index (κ3) is 2.60. The van der Waals surface area contributed by atoms with Crippen LogP contribution in [0.4, 0.5) is 11.4 Å². The molecule has 0 bridgehead atoms. The van der Waals surface area contributed by atoms with E-state index in [1.807, 2.05) is 0 Å². The molecule has 0 amide bonds. The first-order chi connectivity index (χ1) is 6.13. The second kappa shape index (κ2) is 4.11. The predicted octanol–water partition coefficient (Wildman–Crippen LogP) is 0.826. The molecule has 1 atom stereocenters. The first-order valence-corrected chi connectivity index (χ1v) is 4.55. The fraction of sp³-hybridized carbons (Fsp3) is 0.143. The molecule has 0 spiro atoms. The van der Waals surface area contributed by atoms with E-state index in [-0.39, 0.29) is 0 Å². The number of rotatable bonds is 3. The third-order valence-electron chi connectivity index (χ3n) is 1.46. The van der Waals surface area contributed by atoms with E-state index in [0.717, 1.165) is 0 Å². The Kier molecular flexibility index (Phi) is 3.10. The second-order valence-electron chi connectivity index (χ2n) is 2.30. The molecule has 0 aliphatic rings. The molecule has 1 aromatic rings. The van der Waals surface area contributed by atoms with Crippen molar-refractivity contribution in [3.63, 3.8) is 0 Å². The maximum atomic E-state index is 10.4. The van der Waals surface area contributed by atoms with E-state index in [1.165, 1.54) is 7.11 Å². The van der Waals surface area contributed by atoms with Gasteiger partial charge in [0.05, 0.1) is 18.5 Å². The molecule has 0 saturated carbocycles. The Hall–Kier alpha value is -1.27. The third-order valence-corrected chi connectivity index (χ3v) is 1.85. The quantitative estimate of drug-likeness (QED) is 0.500. The van der Waals surface area contributed by atoms with Gasteiger partial charge in [-0.05, 0) is 12.1 Å². The van der Waals surface area contributed by atoms with E-state index < -0.39 is 11.3 Å². The number of nitrogen functional groups attached to an aromatic ring is 1. The number of methoxy groups -OCH3 is 1. The van der Waals surface area contributed by atoms with E-state index in [2.05, 4.69) is 4.72 Å². The predicted molar refractivity (Wildman–Crippen MR) is 51.8 cm³/mol. The highest BCUT2D eigenvalue weighted by molar-refractivity contribution is 7.80. The standard InChI is InChI=1S/C7H10N2O3S/c1-12-5-2-3-7(6(8)4-5)9-13(10)11/h2-4,9H,8H2,1H3,(H,10,11). The van der Waals surface area contributed by atoms with Gasteiger partial charge in [-0.1, -0.05) is 0 Å².